The van der Waals surface area contributed by atoms with E-state index in [1.165, 1.54) is 0 Å². The number of rotatable bonds is 3. The summed E-state index contributed by atoms with van der Waals surface area (Å²) in [5.74, 6) is 0.793. The molecule has 2 aliphatic rings. The SMILES string of the molecule is C[C@@H](O)c1ccccc1OC1CCOC2(CCOCC2)C1. The second-order valence-electron chi connectivity index (χ2n) is 6.09. The van der Waals surface area contributed by atoms with E-state index in [9.17, 15) is 5.11 Å². The van der Waals surface area contributed by atoms with E-state index in [1.807, 2.05) is 24.3 Å². The van der Waals surface area contributed by atoms with Crippen LogP contribution in [-0.4, -0.2) is 36.6 Å². The summed E-state index contributed by atoms with van der Waals surface area (Å²) in [6.07, 6.45) is 3.34. The maximum absolute atomic E-state index is 9.86. The maximum atomic E-state index is 9.86. The van der Waals surface area contributed by atoms with Crippen LogP contribution in [0.1, 0.15) is 44.3 Å². The third-order valence-corrected chi connectivity index (χ3v) is 4.51. The molecule has 2 atom stereocenters. The summed E-state index contributed by atoms with van der Waals surface area (Å²) >= 11 is 0. The Labute approximate surface area is 126 Å². The van der Waals surface area contributed by atoms with Crippen LogP contribution >= 0.6 is 0 Å². The fraction of sp³-hybridized carbons (Fsp3) is 0.647. The average Bonchev–Trinajstić information content (AvgIpc) is 2.48. The molecule has 0 aromatic heterocycles. The highest BCUT2D eigenvalue weighted by Crippen LogP contribution is 2.36. The predicted molar refractivity (Wildman–Crippen MR) is 79.5 cm³/mol. The fourth-order valence-electron chi connectivity index (χ4n) is 3.29. The largest absolute Gasteiger partial charge is 0.490 e. The summed E-state index contributed by atoms with van der Waals surface area (Å²) in [5, 5.41) is 9.86. The third-order valence-electron chi connectivity index (χ3n) is 4.51. The van der Waals surface area contributed by atoms with E-state index >= 15 is 0 Å². The molecule has 3 rings (SSSR count). The van der Waals surface area contributed by atoms with Crippen molar-refractivity contribution in [3.8, 4) is 5.75 Å². The molecule has 1 unspecified atom stereocenters. The lowest BCUT2D eigenvalue weighted by Crippen LogP contribution is -2.47. The van der Waals surface area contributed by atoms with Crippen molar-refractivity contribution in [2.24, 2.45) is 0 Å². The van der Waals surface area contributed by atoms with E-state index in [0.717, 1.165) is 56.8 Å². The molecule has 0 radical (unpaired) electrons. The number of aliphatic hydroxyl groups is 1. The van der Waals surface area contributed by atoms with Crippen LogP contribution < -0.4 is 4.74 Å². The number of hydrogen-bond donors (Lipinski definition) is 1. The topological polar surface area (TPSA) is 47.9 Å². The lowest BCUT2D eigenvalue weighted by Gasteiger charge is -2.43. The molecule has 4 heteroatoms. The number of hydrogen-bond acceptors (Lipinski definition) is 4. The van der Waals surface area contributed by atoms with Gasteiger partial charge in [-0.15, -0.1) is 0 Å². The van der Waals surface area contributed by atoms with Crippen LogP contribution in [0.2, 0.25) is 0 Å². The van der Waals surface area contributed by atoms with Gasteiger partial charge >= 0.3 is 0 Å². The van der Waals surface area contributed by atoms with Crippen molar-refractivity contribution in [2.75, 3.05) is 19.8 Å². The molecule has 1 N–H and O–H groups in total. The first-order valence-corrected chi connectivity index (χ1v) is 7.84. The monoisotopic (exact) mass is 292 g/mol. The standard InChI is InChI=1S/C17H24O4/c1-13(18)15-4-2-3-5-16(15)21-14-6-9-20-17(12-14)7-10-19-11-8-17/h2-5,13-14,18H,6-12H2,1H3/t13-,14?/m1/s1. The van der Waals surface area contributed by atoms with E-state index in [1.54, 1.807) is 6.92 Å². The Hall–Kier alpha value is -1.10. The second kappa shape index (κ2) is 6.34. The molecule has 0 saturated carbocycles. The Morgan fingerprint density at radius 3 is 2.76 bits per heavy atom. The summed E-state index contributed by atoms with van der Waals surface area (Å²) in [7, 11) is 0. The van der Waals surface area contributed by atoms with Crippen molar-refractivity contribution < 1.29 is 19.3 Å². The molecule has 116 valence electrons. The van der Waals surface area contributed by atoms with Crippen LogP contribution in [-0.2, 0) is 9.47 Å². The van der Waals surface area contributed by atoms with Crippen LogP contribution in [0, 0.1) is 0 Å². The zero-order valence-electron chi connectivity index (χ0n) is 12.6. The van der Waals surface area contributed by atoms with Crippen LogP contribution in [0.25, 0.3) is 0 Å². The minimum absolute atomic E-state index is 0.0685. The molecule has 4 nitrogen and oxygen atoms in total. The normalized spacial score (nSPS) is 26.5. The lowest BCUT2D eigenvalue weighted by atomic mass is 9.85. The van der Waals surface area contributed by atoms with Crippen LogP contribution in [0.3, 0.4) is 0 Å². The van der Waals surface area contributed by atoms with Gasteiger partial charge < -0.3 is 19.3 Å². The number of para-hydroxylation sites is 1. The van der Waals surface area contributed by atoms with E-state index in [4.69, 9.17) is 14.2 Å². The molecule has 1 aromatic carbocycles. The maximum Gasteiger partial charge on any atom is 0.125 e. The van der Waals surface area contributed by atoms with Crippen molar-refractivity contribution in [3.05, 3.63) is 29.8 Å². The summed E-state index contributed by atoms with van der Waals surface area (Å²) in [6, 6.07) is 7.74. The van der Waals surface area contributed by atoms with Crippen LogP contribution in [0.4, 0.5) is 0 Å². The first kappa shape index (κ1) is 14.8. The molecule has 2 saturated heterocycles. The molecule has 1 spiro atoms. The Bertz CT molecular complexity index is 460. The number of benzene rings is 1. The van der Waals surface area contributed by atoms with E-state index in [2.05, 4.69) is 0 Å². The molecule has 0 amide bonds. The zero-order valence-corrected chi connectivity index (χ0v) is 12.6. The van der Waals surface area contributed by atoms with Gasteiger partial charge in [-0.2, -0.15) is 0 Å². The molecule has 2 fully saturated rings. The fourth-order valence-corrected chi connectivity index (χ4v) is 3.29. The van der Waals surface area contributed by atoms with Gasteiger partial charge in [-0.1, -0.05) is 18.2 Å². The first-order chi connectivity index (χ1) is 10.2. The number of ether oxygens (including phenoxy) is 3. The van der Waals surface area contributed by atoms with Gasteiger partial charge in [0.25, 0.3) is 0 Å². The van der Waals surface area contributed by atoms with Crippen molar-refractivity contribution >= 4 is 0 Å². The van der Waals surface area contributed by atoms with Crippen molar-refractivity contribution in [1.82, 2.24) is 0 Å². The molecular weight excluding hydrogens is 268 g/mol. The Balaban J connectivity index is 1.70. The molecular formula is C17H24O4. The predicted octanol–water partition coefficient (Wildman–Crippen LogP) is 2.85. The summed E-state index contributed by atoms with van der Waals surface area (Å²) < 4.78 is 17.7. The first-order valence-electron chi connectivity index (χ1n) is 7.84. The van der Waals surface area contributed by atoms with Crippen molar-refractivity contribution in [3.63, 3.8) is 0 Å². The highest BCUT2D eigenvalue weighted by Gasteiger charge is 2.40. The molecule has 2 aliphatic heterocycles. The lowest BCUT2D eigenvalue weighted by molar-refractivity contribution is -0.155. The third kappa shape index (κ3) is 3.39. The van der Waals surface area contributed by atoms with Crippen molar-refractivity contribution in [2.45, 2.75) is 50.4 Å². The summed E-state index contributed by atoms with van der Waals surface area (Å²) in [4.78, 5) is 0. The summed E-state index contributed by atoms with van der Waals surface area (Å²) in [5.41, 5.74) is 0.783. The Morgan fingerprint density at radius 2 is 2.00 bits per heavy atom. The van der Waals surface area contributed by atoms with E-state index in [0.29, 0.717) is 0 Å². The van der Waals surface area contributed by atoms with Gasteiger partial charge in [0.05, 0.1) is 18.3 Å². The molecule has 0 bridgehead atoms. The van der Waals surface area contributed by atoms with Gasteiger partial charge in [-0.25, -0.2) is 0 Å². The van der Waals surface area contributed by atoms with Gasteiger partial charge in [-0.3, -0.25) is 0 Å². The molecule has 0 aliphatic carbocycles. The van der Waals surface area contributed by atoms with Gasteiger partial charge in [0.2, 0.25) is 0 Å². The molecule has 2 heterocycles. The average molecular weight is 292 g/mol. The minimum Gasteiger partial charge on any atom is -0.490 e. The van der Waals surface area contributed by atoms with E-state index in [-0.39, 0.29) is 11.7 Å². The van der Waals surface area contributed by atoms with Crippen LogP contribution in [0.5, 0.6) is 5.75 Å². The van der Waals surface area contributed by atoms with Crippen LogP contribution in [0.15, 0.2) is 24.3 Å². The highest BCUT2D eigenvalue weighted by molar-refractivity contribution is 5.35. The highest BCUT2D eigenvalue weighted by atomic mass is 16.5. The van der Waals surface area contributed by atoms with Crippen molar-refractivity contribution in [1.29, 1.82) is 0 Å². The Morgan fingerprint density at radius 1 is 1.24 bits per heavy atom. The quantitative estimate of drug-likeness (QED) is 0.930. The second-order valence-corrected chi connectivity index (χ2v) is 6.09. The smallest absolute Gasteiger partial charge is 0.125 e. The van der Waals surface area contributed by atoms with Gasteiger partial charge in [0, 0.05) is 31.6 Å². The van der Waals surface area contributed by atoms with Gasteiger partial charge in [0.15, 0.2) is 0 Å². The molecule has 21 heavy (non-hydrogen) atoms. The zero-order chi connectivity index (χ0) is 14.7. The Kier molecular flexibility index (Phi) is 4.48. The summed E-state index contributed by atoms with van der Waals surface area (Å²) in [6.45, 7) is 4.06. The number of aliphatic hydroxyl groups excluding tert-OH is 1. The van der Waals surface area contributed by atoms with Gasteiger partial charge in [-0.05, 0) is 25.8 Å². The van der Waals surface area contributed by atoms with Gasteiger partial charge in [0.1, 0.15) is 11.9 Å². The minimum atomic E-state index is -0.516. The molecule has 1 aromatic rings. The van der Waals surface area contributed by atoms with E-state index < -0.39 is 6.10 Å².